The van der Waals surface area contributed by atoms with Gasteiger partial charge in [0.05, 0.1) is 34.3 Å². The number of benzene rings is 5. The van der Waals surface area contributed by atoms with Gasteiger partial charge in [-0.1, -0.05) is 78.4 Å². The minimum atomic E-state index is -1.50. The van der Waals surface area contributed by atoms with Gasteiger partial charge < -0.3 is 10.0 Å². The third kappa shape index (κ3) is 5.81. The molecule has 0 aromatic heterocycles. The Labute approximate surface area is 334 Å². The maximum absolute atomic E-state index is 15.4. The molecule has 2 fully saturated rings. The van der Waals surface area contributed by atoms with Gasteiger partial charge in [0, 0.05) is 37.2 Å². The van der Waals surface area contributed by atoms with Crippen molar-refractivity contribution in [1.82, 2.24) is 0 Å². The lowest BCUT2D eigenvalue weighted by Gasteiger charge is -2.55. The van der Waals surface area contributed by atoms with E-state index in [-0.39, 0.29) is 35.9 Å². The smallest absolute Gasteiger partial charge is 0.238 e. The van der Waals surface area contributed by atoms with Gasteiger partial charge in [0.25, 0.3) is 0 Å². The van der Waals surface area contributed by atoms with Gasteiger partial charge in [0.2, 0.25) is 11.8 Å². The normalized spacial score (nSPS) is 25.2. The fraction of sp³-hybridized carbons (Fsp3) is 0.208. The van der Waals surface area contributed by atoms with Crippen molar-refractivity contribution in [1.29, 1.82) is 0 Å². The zero-order chi connectivity index (χ0) is 40.3. The monoisotopic (exact) mass is 770 g/mol. The number of fused-ring (bicyclic) bond motifs is 4. The molecule has 1 N–H and O–H groups in total. The second kappa shape index (κ2) is 14.3. The highest BCUT2D eigenvalue weighted by molar-refractivity contribution is 6.32. The lowest BCUT2D eigenvalue weighted by Crippen LogP contribution is -2.58. The molecule has 0 bridgehead atoms. The van der Waals surface area contributed by atoms with Crippen LogP contribution in [0.1, 0.15) is 35.4 Å². The molecule has 9 rings (SSSR count). The molecule has 1 saturated heterocycles. The fourth-order valence-electron chi connectivity index (χ4n) is 9.81. The van der Waals surface area contributed by atoms with Crippen LogP contribution in [0.4, 0.5) is 27.1 Å². The van der Waals surface area contributed by atoms with Crippen LogP contribution in [-0.4, -0.2) is 42.6 Å². The van der Waals surface area contributed by atoms with Gasteiger partial charge in [-0.2, -0.15) is 10.2 Å². The molecule has 5 aromatic carbocycles. The molecule has 3 aliphatic carbocycles. The molecule has 6 unspecified atom stereocenters. The Morgan fingerprint density at radius 1 is 0.759 bits per heavy atom. The summed E-state index contributed by atoms with van der Waals surface area (Å²) in [5, 5.41) is 19.0. The Balaban J connectivity index is 1.12. The van der Waals surface area contributed by atoms with Crippen molar-refractivity contribution in [2.24, 2.45) is 33.9 Å². The van der Waals surface area contributed by atoms with E-state index < -0.39 is 52.5 Å². The van der Waals surface area contributed by atoms with Gasteiger partial charge in [-0.25, -0.2) is 4.39 Å². The van der Waals surface area contributed by atoms with E-state index in [1.165, 1.54) is 23.1 Å². The maximum atomic E-state index is 15.4. The Morgan fingerprint density at radius 3 is 2.03 bits per heavy atom. The number of carbonyl (C=O) groups is 4. The van der Waals surface area contributed by atoms with Gasteiger partial charge >= 0.3 is 0 Å². The number of anilines is 2. The zero-order valence-electron chi connectivity index (χ0n) is 31.8. The van der Waals surface area contributed by atoms with E-state index in [1.54, 1.807) is 54.6 Å². The minimum absolute atomic E-state index is 0.120. The SMILES string of the molecule is CN(C)c1ccc(N=Nc2ccc(N3C(=O)C4CC=C5C(CC6C(=O)C(c7ccccc7)=CC(=O)C6(c6ccccc6)C5c5ccc(O)c(F)c5)C4C3=O)cc2)cc1. The van der Waals surface area contributed by atoms with E-state index in [1.807, 2.05) is 85.7 Å². The molecule has 58 heavy (non-hydrogen) atoms. The number of nitrogens with zero attached hydrogens (tertiary/aromatic N) is 4. The predicted octanol–water partition coefficient (Wildman–Crippen LogP) is 9.04. The zero-order valence-corrected chi connectivity index (χ0v) is 31.8. The van der Waals surface area contributed by atoms with Crippen LogP contribution in [0, 0.1) is 29.5 Å². The van der Waals surface area contributed by atoms with Crippen LogP contribution in [0.25, 0.3) is 5.57 Å². The van der Waals surface area contributed by atoms with Gasteiger partial charge in [-0.15, -0.1) is 0 Å². The number of allylic oxidation sites excluding steroid dienone is 4. The van der Waals surface area contributed by atoms with E-state index in [9.17, 15) is 14.7 Å². The standard InChI is InChI=1S/C48H39FN4O5/c1-52(2)33-18-14-31(15-19-33)50-51-32-16-20-34(21-17-32)53-46(57)36-23-22-35-38(43(36)47(53)58)26-39-45(56)37(28-9-5-3-6-10-28)27-42(55)48(39,30-11-7-4-8-12-30)44(35)29-13-24-41(54)40(49)25-29/h3-22,24-25,27,36,38-39,43-44,54H,23,26H2,1-2H3. The Hall–Kier alpha value is -6.81. The average Bonchev–Trinajstić information content (AvgIpc) is 3.51. The van der Waals surface area contributed by atoms with Crippen LogP contribution in [0.3, 0.4) is 0 Å². The van der Waals surface area contributed by atoms with Crippen LogP contribution in [-0.2, 0) is 24.6 Å². The number of carbonyl (C=O) groups excluding carboxylic acids is 4. The molecule has 2 amide bonds. The number of imide groups is 1. The van der Waals surface area contributed by atoms with Gasteiger partial charge in [-0.05, 0) is 102 Å². The molecule has 1 heterocycles. The van der Waals surface area contributed by atoms with Crippen LogP contribution in [0.15, 0.2) is 155 Å². The Morgan fingerprint density at radius 2 is 1.40 bits per heavy atom. The van der Waals surface area contributed by atoms with Crippen molar-refractivity contribution in [3.05, 3.63) is 168 Å². The van der Waals surface area contributed by atoms with Gasteiger partial charge in [-0.3, -0.25) is 24.1 Å². The second-order valence-electron chi connectivity index (χ2n) is 15.6. The Kier molecular flexibility index (Phi) is 9.07. The molecule has 9 nitrogen and oxygen atoms in total. The first-order chi connectivity index (χ1) is 28.1. The summed E-state index contributed by atoms with van der Waals surface area (Å²) in [6.45, 7) is 0. The number of halogens is 1. The van der Waals surface area contributed by atoms with Crippen molar-refractivity contribution in [3.8, 4) is 5.75 Å². The first-order valence-corrected chi connectivity index (χ1v) is 19.3. The number of ketones is 2. The summed E-state index contributed by atoms with van der Waals surface area (Å²) in [6.07, 6.45) is 3.69. The van der Waals surface area contributed by atoms with Crippen LogP contribution in [0.2, 0.25) is 0 Å². The van der Waals surface area contributed by atoms with Crippen LogP contribution in [0.5, 0.6) is 5.75 Å². The van der Waals surface area contributed by atoms with Crippen LogP contribution >= 0.6 is 0 Å². The highest BCUT2D eigenvalue weighted by atomic mass is 19.1. The first-order valence-electron chi connectivity index (χ1n) is 19.3. The molecule has 1 aliphatic heterocycles. The van der Waals surface area contributed by atoms with Gasteiger partial charge in [0.15, 0.2) is 23.1 Å². The number of hydrogen-bond donors (Lipinski definition) is 1. The largest absolute Gasteiger partial charge is 0.505 e. The highest BCUT2D eigenvalue weighted by Gasteiger charge is 2.66. The summed E-state index contributed by atoms with van der Waals surface area (Å²) in [5.41, 5.74) is 3.71. The molecule has 0 radical (unpaired) electrons. The molecular formula is C48H39FN4O5. The third-order valence-electron chi connectivity index (χ3n) is 12.4. The quantitative estimate of drug-likeness (QED) is 0.100. The summed E-state index contributed by atoms with van der Waals surface area (Å²) in [4.78, 5) is 62.4. The summed E-state index contributed by atoms with van der Waals surface area (Å²) in [7, 11) is 3.92. The third-order valence-corrected chi connectivity index (χ3v) is 12.4. The first kappa shape index (κ1) is 36.8. The number of rotatable bonds is 7. The molecule has 1 saturated carbocycles. The molecule has 10 heteroatoms. The van der Waals surface area contributed by atoms with Crippen molar-refractivity contribution < 1.29 is 28.7 Å². The molecule has 6 atom stereocenters. The summed E-state index contributed by atoms with van der Waals surface area (Å²) < 4.78 is 15.4. The van der Waals surface area contributed by atoms with Gasteiger partial charge in [0.1, 0.15) is 0 Å². The van der Waals surface area contributed by atoms with E-state index in [0.717, 1.165) is 5.69 Å². The highest BCUT2D eigenvalue weighted by Crippen LogP contribution is 2.64. The summed E-state index contributed by atoms with van der Waals surface area (Å²) in [6, 6.07) is 36.6. The lowest BCUT2D eigenvalue weighted by atomic mass is 9.44. The number of phenolic OH excluding ortho intramolecular Hbond substituents is 1. The number of azo groups is 1. The Bertz CT molecular complexity index is 2570. The lowest BCUT2D eigenvalue weighted by molar-refractivity contribution is -0.135. The number of amides is 2. The molecule has 0 spiro atoms. The van der Waals surface area contributed by atoms with Crippen molar-refractivity contribution in [2.75, 3.05) is 23.9 Å². The molecule has 4 aliphatic rings. The number of phenols is 1. The molecule has 5 aromatic rings. The molecule has 288 valence electrons. The van der Waals surface area contributed by atoms with E-state index >= 15 is 14.0 Å². The molecular weight excluding hydrogens is 732 g/mol. The van der Waals surface area contributed by atoms with Crippen molar-refractivity contribution in [2.45, 2.75) is 24.2 Å². The van der Waals surface area contributed by atoms with E-state index in [4.69, 9.17) is 0 Å². The summed E-state index contributed by atoms with van der Waals surface area (Å²) >= 11 is 0. The van der Waals surface area contributed by atoms with E-state index in [0.29, 0.717) is 39.3 Å². The number of aromatic hydroxyl groups is 1. The van der Waals surface area contributed by atoms with Crippen molar-refractivity contribution in [3.63, 3.8) is 0 Å². The predicted molar refractivity (Wildman–Crippen MR) is 219 cm³/mol. The van der Waals surface area contributed by atoms with Crippen molar-refractivity contribution >= 4 is 51.7 Å². The minimum Gasteiger partial charge on any atom is -0.505 e. The van der Waals surface area contributed by atoms with E-state index in [2.05, 4.69) is 10.2 Å². The topological polar surface area (TPSA) is 120 Å². The number of Topliss-reactive ketones (excluding diaryl/α,β-unsaturated/α-hetero) is 1. The van der Waals surface area contributed by atoms with Crippen LogP contribution < -0.4 is 9.80 Å². The second-order valence-corrected chi connectivity index (χ2v) is 15.6. The average molecular weight is 771 g/mol. The number of hydrogen-bond acceptors (Lipinski definition) is 8. The maximum Gasteiger partial charge on any atom is 0.238 e. The fourth-order valence-corrected chi connectivity index (χ4v) is 9.81. The summed E-state index contributed by atoms with van der Waals surface area (Å²) in [5.74, 6) is -6.72.